The molecule has 0 aliphatic heterocycles. The molecule has 4 heteroatoms. The zero-order valence-corrected chi connectivity index (χ0v) is 15.0. The molecule has 0 unspecified atom stereocenters. The van der Waals surface area contributed by atoms with E-state index in [1.807, 2.05) is 37.3 Å². The van der Waals surface area contributed by atoms with E-state index in [9.17, 15) is 4.79 Å². The molecule has 0 saturated carbocycles. The maximum atomic E-state index is 12.0. The van der Waals surface area contributed by atoms with Crippen molar-refractivity contribution in [2.24, 2.45) is 0 Å². The predicted molar refractivity (Wildman–Crippen MR) is 97.0 cm³/mol. The SMILES string of the molecule is C=C(COC(=O)Cc1ccc(C=CC)cc1OC)OCCCCC. The zero-order chi connectivity index (χ0) is 17.8. The lowest BCUT2D eigenvalue weighted by Gasteiger charge is -2.11. The topological polar surface area (TPSA) is 44.8 Å². The molecule has 1 aromatic carbocycles. The number of methoxy groups -OCH3 is 1. The summed E-state index contributed by atoms with van der Waals surface area (Å²) in [4.78, 5) is 12.0. The van der Waals surface area contributed by atoms with Crippen LogP contribution in [0.15, 0.2) is 36.6 Å². The summed E-state index contributed by atoms with van der Waals surface area (Å²) in [6.45, 7) is 8.56. The molecule has 0 heterocycles. The molecule has 0 bridgehead atoms. The molecule has 0 aromatic heterocycles. The first-order valence-corrected chi connectivity index (χ1v) is 8.36. The highest BCUT2D eigenvalue weighted by Crippen LogP contribution is 2.22. The number of ether oxygens (including phenoxy) is 3. The van der Waals surface area contributed by atoms with Crippen molar-refractivity contribution in [1.29, 1.82) is 0 Å². The van der Waals surface area contributed by atoms with E-state index in [-0.39, 0.29) is 19.0 Å². The lowest BCUT2D eigenvalue weighted by atomic mass is 10.1. The summed E-state index contributed by atoms with van der Waals surface area (Å²) < 4.78 is 16.0. The Morgan fingerprint density at radius 2 is 2.04 bits per heavy atom. The van der Waals surface area contributed by atoms with Gasteiger partial charge in [0.2, 0.25) is 0 Å². The third kappa shape index (κ3) is 7.36. The van der Waals surface area contributed by atoms with Crippen LogP contribution >= 0.6 is 0 Å². The van der Waals surface area contributed by atoms with Gasteiger partial charge in [0.1, 0.15) is 18.1 Å². The van der Waals surface area contributed by atoms with E-state index in [0.29, 0.717) is 18.1 Å². The monoisotopic (exact) mass is 332 g/mol. The first-order chi connectivity index (χ1) is 11.6. The molecule has 0 fully saturated rings. The first kappa shape index (κ1) is 19.8. The molecule has 0 N–H and O–H groups in total. The molecule has 1 aromatic rings. The van der Waals surface area contributed by atoms with Crippen LogP contribution in [-0.2, 0) is 20.7 Å². The van der Waals surface area contributed by atoms with Crippen LogP contribution in [0, 0.1) is 0 Å². The van der Waals surface area contributed by atoms with Gasteiger partial charge in [-0.25, -0.2) is 0 Å². The fourth-order valence-electron chi connectivity index (χ4n) is 2.18. The Kier molecular flexibility index (Phi) is 9.35. The number of esters is 1. The molecular formula is C20H28O4. The fraction of sp³-hybridized carbons (Fsp3) is 0.450. The number of hydrogen-bond donors (Lipinski definition) is 0. The molecule has 0 spiro atoms. The average molecular weight is 332 g/mol. The van der Waals surface area contributed by atoms with E-state index >= 15 is 0 Å². The van der Waals surface area contributed by atoms with Gasteiger partial charge in [-0.15, -0.1) is 0 Å². The van der Waals surface area contributed by atoms with Gasteiger partial charge in [0.05, 0.1) is 20.1 Å². The third-order valence-electron chi connectivity index (χ3n) is 3.45. The molecule has 132 valence electrons. The number of carbonyl (C=O) groups is 1. The predicted octanol–water partition coefficient (Wildman–Crippen LogP) is 4.53. The Hall–Kier alpha value is -2.23. The highest BCUT2D eigenvalue weighted by Gasteiger charge is 2.11. The molecule has 0 aliphatic carbocycles. The highest BCUT2D eigenvalue weighted by molar-refractivity contribution is 5.74. The van der Waals surface area contributed by atoms with Crippen LogP contribution in [0.25, 0.3) is 6.08 Å². The van der Waals surface area contributed by atoms with E-state index in [0.717, 1.165) is 30.4 Å². The minimum absolute atomic E-state index is 0.0872. The van der Waals surface area contributed by atoms with Gasteiger partial charge in [-0.2, -0.15) is 0 Å². The van der Waals surface area contributed by atoms with E-state index in [1.54, 1.807) is 7.11 Å². The molecular weight excluding hydrogens is 304 g/mol. The average Bonchev–Trinajstić information content (AvgIpc) is 2.58. The summed E-state index contributed by atoms with van der Waals surface area (Å²) in [5.74, 6) is 0.831. The molecule has 0 aliphatic rings. The molecule has 4 nitrogen and oxygen atoms in total. The minimum Gasteiger partial charge on any atom is -0.496 e. The summed E-state index contributed by atoms with van der Waals surface area (Å²) in [6.07, 6.45) is 7.33. The Morgan fingerprint density at radius 3 is 2.71 bits per heavy atom. The maximum absolute atomic E-state index is 12.0. The summed E-state index contributed by atoms with van der Waals surface area (Å²) in [5, 5.41) is 0. The zero-order valence-electron chi connectivity index (χ0n) is 15.0. The summed E-state index contributed by atoms with van der Waals surface area (Å²) in [5.41, 5.74) is 1.82. The molecule has 0 saturated heterocycles. The highest BCUT2D eigenvalue weighted by atomic mass is 16.6. The van der Waals surface area contributed by atoms with Crippen molar-refractivity contribution in [1.82, 2.24) is 0 Å². The van der Waals surface area contributed by atoms with Gasteiger partial charge in [0.15, 0.2) is 0 Å². The van der Waals surface area contributed by atoms with Crippen molar-refractivity contribution in [3.8, 4) is 5.75 Å². The van der Waals surface area contributed by atoms with Crippen LogP contribution in [0.4, 0.5) is 0 Å². The number of rotatable bonds is 11. The maximum Gasteiger partial charge on any atom is 0.310 e. The smallest absolute Gasteiger partial charge is 0.310 e. The lowest BCUT2D eigenvalue weighted by Crippen LogP contribution is -2.12. The first-order valence-electron chi connectivity index (χ1n) is 8.36. The Morgan fingerprint density at radius 1 is 1.25 bits per heavy atom. The summed E-state index contributed by atoms with van der Waals surface area (Å²) >= 11 is 0. The number of unbranched alkanes of at least 4 members (excludes halogenated alkanes) is 2. The van der Waals surface area contributed by atoms with Crippen LogP contribution in [0.3, 0.4) is 0 Å². The van der Waals surface area contributed by atoms with Crippen LogP contribution in [-0.4, -0.2) is 26.3 Å². The number of allylic oxidation sites excluding steroid dienone is 1. The van der Waals surface area contributed by atoms with Gasteiger partial charge in [0.25, 0.3) is 0 Å². The fourth-order valence-corrected chi connectivity index (χ4v) is 2.18. The van der Waals surface area contributed by atoms with Crippen LogP contribution in [0.2, 0.25) is 0 Å². The van der Waals surface area contributed by atoms with Crippen LogP contribution in [0.1, 0.15) is 44.2 Å². The number of hydrogen-bond acceptors (Lipinski definition) is 4. The van der Waals surface area contributed by atoms with Crippen molar-refractivity contribution < 1.29 is 19.0 Å². The Balaban J connectivity index is 2.46. The lowest BCUT2D eigenvalue weighted by molar-refractivity contribution is -0.142. The quantitative estimate of drug-likeness (QED) is 0.339. The second kappa shape index (κ2) is 11.3. The molecule has 0 amide bonds. The number of benzene rings is 1. The van der Waals surface area contributed by atoms with Gasteiger partial charge >= 0.3 is 5.97 Å². The van der Waals surface area contributed by atoms with Gasteiger partial charge < -0.3 is 14.2 Å². The minimum atomic E-state index is -0.328. The molecule has 0 atom stereocenters. The summed E-state index contributed by atoms with van der Waals surface area (Å²) in [6, 6.07) is 5.73. The van der Waals surface area contributed by atoms with Crippen LogP contribution in [0.5, 0.6) is 5.75 Å². The van der Waals surface area contributed by atoms with E-state index in [1.165, 1.54) is 0 Å². The largest absolute Gasteiger partial charge is 0.496 e. The second-order valence-electron chi connectivity index (χ2n) is 5.50. The molecule has 0 radical (unpaired) electrons. The van der Waals surface area contributed by atoms with Crippen molar-refractivity contribution in [2.45, 2.75) is 39.5 Å². The van der Waals surface area contributed by atoms with Gasteiger partial charge in [-0.3, -0.25) is 4.79 Å². The normalized spacial score (nSPS) is 10.6. The van der Waals surface area contributed by atoms with Crippen molar-refractivity contribution in [2.75, 3.05) is 20.3 Å². The number of carbonyl (C=O) groups excluding carboxylic acids is 1. The van der Waals surface area contributed by atoms with Crippen molar-refractivity contribution in [3.63, 3.8) is 0 Å². The van der Waals surface area contributed by atoms with Gasteiger partial charge in [-0.1, -0.05) is 50.6 Å². The van der Waals surface area contributed by atoms with E-state index < -0.39 is 0 Å². The molecule has 1 rings (SSSR count). The van der Waals surface area contributed by atoms with Gasteiger partial charge in [0, 0.05) is 5.56 Å². The van der Waals surface area contributed by atoms with Crippen molar-refractivity contribution in [3.05, 3.63) is 47.7 Å². The molecule has 24 heavy (non-hydrogen) atoms. The van der Waals surface area contributed by atoms with E-state index in [2.05, 4.69) is 13.5 Å². The van der Waals surface area contributed by atoms with Gasteiger partial charge in [-0.05, 0) is 25.0 Å². The van der Waals surface area contributed by atoms with Crippen LogP contribution < -0.4 is 4.74 Å². The Bertz CT molecular complexity index is 561. The standard InChI is InChI=1S/C20H28O4/c1-5-7-8-12-23-16(3)15-24-20(21)14-18-11-10-17(9-6-2)13-19(18)22-4/h6,9-11,13H,3,5,7-8,12,14-15H2,1-2,4H3. The summed E-state index contributed by atoms with van der Waals surface area (Å²) in [7, 11) is 1.59. The second-order valence-corrected chi connectivity index (χ2v) is 5.50. The Labute approximate surface area is 145 Å². The van der Waals surface area contributed by atoms with Crippen molar-refractivity contribution >= 4 is 12.0 Å². The van der Waals surface area contributed by atoms with E-state index in [4.69, 9.17) is 14.2 Å². The third-order valence-corrected chi connectivity index (χ3v) is 3.45.